The van der Waals surface area contributed by atoms with E-state index in [-0.39, 0.29) is 34.9 Å². The predicted molar refractivity (Wildman–Crippen MR) is 140 cm³/mol. The van der Waals surface area contributed by atoms with Crippen LogP contribution in [0.3, 0.4) is 0 Å². The molecule has 0 aliphatic carbocycles. The van der Waals surface area contributed by atoms with Crippen LogP contribution >= 0.6 is 0 Å². The first-order valence-electron chi connectivity index (χ1n) is 11.9. The number of Topliss-reactive ketones (excluding diaryl/α,β-unsaturated/α-hetero) is 1. The number of benzene rings is 2. The second-order valence-electron chi connectivity index (χ2n) is 8.27. The average Bonchev–Trinajstić information content (AvgIpc) is 3.16. The molecule has 0 saturated carbocycles. The van der Waals surface area contributed by atoms with Crippen LogP contribution in [0, 0.1) is 0 Å². The van der Waals surface area contributed by atoms with E-state index in [9.17, 15) is 23.1 Å². The molecule has 0 spiro atoms. The molecule has 0 aromatic heterocycles. The standard InChI is InChI=1S/C27H32N2O7S/c1-5-17-36-21-12-8-19(9-13-21)24-23(26(31)27(32)29(24)16-18-35-4)25(30)20-10-14-22(15-11-20)37(33,34)28(6-2)7-3/h5,8-15,24,30H,1,6-7,16-18H2,2-4H3/t24-/m0/s1. The number of carbonyl (C=O) groups is 2. The molecule has 0 radical (unpaired) electrons. The van der Waals surface area contributed by atoms with Crippen LogP contribution in [0.25, 0.3) is 5.76 Å². The van der Waals surface area contributed by atoms with Gasteiger partial charge in [-0.25, -0.2) is 8.42 Å². The molecule has 9 nitrogen and oxygen atoms in total. The number of ether oxygens (including phenoxy) is 2. The number of ketones is 1. The first kappa shape index (κ1) is 28.1. The highest BCUT2D eigenvalue weighted by Gasteiger charge is 2.45. The molecule has 1 fully saturated rings. The molecule has 2 aromatic carbocycles. The number of methoxy groups -OCH3 is 1. The van der Waals surface area contributed by atoms with Crippen molar-refractivity contribution >= 4 is 27.5 Å². The van der Waals surface area contributed by atoms with Crippen LogP contribution in [0.1, 0.15) is 31.0 Å². The van der Waals surface area contributed by atoms with E-state index in [1.54, 1.807) is 44.2 Å². The summed E-state index contributed by atoms with van der Waals surface area (Å²) in [4.78, 5) is 27.4. The molecule has 0 unspecified atom stereocenters. The highest BCUT2D eigenvalue weighted by atomic mass is 32.2. The quantitative estimate of drug-likeness (QED) is 0.195. The van der Waals surface area contributed by atoms with Crippen molar-refractivity contribution in [1.29, 1.82) is 0 Å². The lowest BCUT2D eigenvalue weighted by atomic mass is 9.95. The Hall–Kier alpha value is -3.47. The second-order valence-corrected chi connectivity index (χ2v) is 10.2. The molecular weight excluding hydrogens is 496 g/mol. The van der Waals surface area contributed by atoms with Gasteiger partial charge >= 0.3 is 0 Å². The van der Waals surface area contributed by atoms with Crippen molar-refractivity contribution < 1.29 is 32.6 Å². The van der Waals surface area contributed by atoms with Gasteiger partial charge in [-0.15, -0.1) is 0 Å². The van der Waals surface area contributed by atoms with Crippen LogP contribution in [0.4, 0.5) is 0 Å². The summed E-state index contributed by atoms with van der Waals surface area (Å²) in [5.41, 5.74) is 0.739. The van der Waals surface area contributed by atoms with Gasteiger partial charge in [0.2, 0.25) is 10.0 Å². The summed E-state index contributed by atoms with van der Waals surface area (Å²) in [5, 5.41) is 11.2. The number of sulfonamides is 1. The molecule has 1 N–H and O–H groups in total. The first-order valence-corrected chi connectivity index (χ1v) is 13.4. The van der Waals surface area contributed by atoms with Gasteiger partial charge in [0.05, 0.1) is 23.1 Å². The van der Waals surface area contributed by atoms with Gasteiger partial charge in [0.1, 0.15) is 18.1 Å². The maximum atomic E-state index is 13.1. The Kier molecular flexibility index (Phi) is 9.25. The molecule has 0 bridgehead atoms. The predicted octanol–water partition coefficient (Wildman–Crippen LogP) is 3.35. The molecule has 1 amide bonds. The molecule has 3 rings (SSSR count). The smallest absolute Gasteiger partial charge is 0.295 e. The largest absolute Gasteiger partial charge is 0.507 e. The number of aliphatic hydroxyl groups is 1. The van der Waals surface area contributed by atoms with Gasteiger partial charge in [0.25, 0.3) is 11.7 Å². The Balaban J connectivity index is 2.06. The fraction of sp³-hybridized carbons (Fsp3) is 0.333. The number of rotatable bonds is 12. The van der Waals surface area contributed by atoms with E-state index in [4.69, 9.17) is 9.47 Å². The van der Waals surface area contributed by atoms with E-state index in [2.05, 4.69) is 6.58 Å². The molecule has 1 heterocycles. The third-order valence-electron chi connectivity index (χ3n) is 6.11. The molecule has 37 heavy (non-hydrogen) atoms. The molecular formula is C27H32N2O7S. The van der Waals surface area contributed by atoms with Crippen LogP contribution in [0.5, 0.6) is 5.75 Å². The van der Waals surface area contributed by atoms with Crippen LogP contribution in [0.15, 0.2) is 71.7 Å². The number of hydrogen-bond acceptors (Lipinski definition) is 7. The zero-order valence-electron chi connectivity index (χ0n) is 21.2. The van der Waals surface area contributed by atoms with Crippen molar-refractivity contribution in [2.75, 3.05) is 40.0 Å². The maximum Gasteiger partial charge on any atom is 0.295 e. The van der Waals surface area contributed by atoms with Gasteiger partial charge in [-0.2, -0.15) is 4.31 Å². The number of aliphatic hydroxyl groups excluding tert-OH is 1. The van der Waals surface area contributed by atoms with Crippen molar-refractivity contribution in [3.63, 3.8) is 0 Å². The normalized spacial score (nSPS) is 17.4. The topological polar surface area (TPSA) is 113 Å². The minimum atomic E-state index is -3.69. The van der Waals surface area contributed by atoms with Crippen LogP contribution in [0.2, 0.25) is 0 Å². The van der Waals surface area contributed by atoms with Gasteiger partial charge in [-0.1, -0.05) is 38.6 Å². The summed E-state index contributed by atoms with van der Waals surface area (Å²) < 4.78 is 37.6. The van der Waals surface area contributed by atoms with E-state index < -0.39 is 27.8 Å². The first-order chi connectivity index (χ1) is 17.7. The zero-order valence-corrected chi connectivity index (χ0v) is 22.0. The molecule has 1 aliphatic heterocycles. The van der Waals surface area contributed by atoms with Gasteiger partial charge in [0, 0.05) is 32.3 Å². The average molecular weight is 529 g/mol. The lowest BCUT2D eigenvalue weighted by molar-refractivity contribution is -0.140. The van der Waals surface area contributed by atoms with E-state index in [0.717, 1.165) is 0 Å². The Morgan fingerprint density at radius 1 is 1.08 bits per heavy atom. The highest BCUT2D eigenvalue weighted by molar-refractivity contribution is 7.89. The highest BCUT2D eigenvalue weighted by Crippen LogP contribution is 2.39. The zero-order chi connectivity index (χ0) is 27.2. The lowest BCUT2D eigenvalue weighted by Gasteiger charge is -2.25. The molecule has 1 aliphatic rings. The summed E-state index contributed by atoms with van der Waals surface area (Å²) in [6.07, 6.45) is 1.62. The summed E-state index contributed by atoms with van der Waals surface area (Å²) in [6, 6.07) is 11.6. The fourth-order valence-corrected chi connectivity index (χ4v) is 5.66. The minimum Gasteiger partial charge on any atom is -0.507 e. The molecule has 1 saturated heterocycles. The van der Waals surface area contributed by atoms with E-state index in [0.29, 0.717) is 31.0 Å². The Bertz CT molecular complexity index is 1260. The van der Waals surface area contributed by atoms with Crippen LogP contribution in [-0.2, 0) is 24.3 Å². The van der Waals surface area contributed by atoms with Gasteiger partial charge in [-0.05, 0) is 42.0 Å². The number of likely N-dealkylation sites (tertiary alicyclic amines) is 1. The third kappa shape index (κ3) is 5.76. The van der Waals surface area contributed by atoms with Crippen LogP contribution < -0.4 is 4.74 Å². The Morgan fingerprint density at radius 2 is 1.70 bits per heavy atom. The fourth-order valence-electron chi connectivity index (χ4n) is 4.20. The van der Waals surface area contributed by atoms with E-state index >= 15 is 0 Å². The number of nitrogens with zero attached hydrogens (tertiary/aromatic N) is 2. The number of carbonyl (C=O) groups excluding carboxylic acids is 2. The summed E-state index contributed by atoms with van der Waals surface area (Å²) in [6.45, 7) is 8.42. The summed E-state index contributed by atoms with van der Waals surface area (Å²) in [7, 11) is -2.20. The second kappa shape index (κ2) is 12.2. The lowest BCUT2D eigenvalue weighted by Crippen LogP contribution is -2.32. The van der Waals surface area contributed by atoms with Gasteiger partial charge in [-0.3, -0.25) is 9.59 Å². The van der Waals surface area contributed by atoms with Gasteiger partial charge < -0.3 is 19.5 Å². The van der Waals surface area contributed by atoms with Crippen LogP contribution in [-0.4, -0.2) is 74.4 Å². The van der Waals surface area contributed by atoms with Crippen molar-refractivity contribution in [3.8, 4) is 5.75 Å². The van der Waals surface area contributed by atoms with Gasteiger partial charge in [0.15, 0.2) is 0 Å². The van der Waals surface area contributed by atoms with Crippen molar-refractivity contribution in [2.24, 2.45) is 0 Å². The molecule has 1 atom stereocenters. The Labute approximate surface area is 217 Å². The van der Waals surface area contributed by atoms with Crippen molar-refractivity contribution in [2.45, 2.75) is 24.8 Å². The maximum absolute atomic E-state index is 13.1. The minimum absolute atomic E-state index is 0.0694. The molecule has 198 valence electrons. The monoisotopic (exact) mass is 528 g/mol. The summed E-state index contributed by atoms with van der Waals surface area (Å²) in [5.74, 6) is -1.38. The number of hydrogen-bond donors (Lipinski definition) is 1. The van der Waals surface area contributed by atoms with E-state index in [1.807, 2.05) is 0 Å². The third-order valence-corrected chi connectivity index (χ3v) is 8.18. The van der Waals surface area contributed by atoms with Crippen molar-refractivity contribution in [1.82, 2.24) is 9.21 Å². The van der Waals surface area contributed by atoms with E-state index in [1.165, 1.54) is 40.6 Å². The SMILES string of the molecule is C=CCOc1ccc([C@H]2C(=C(O)c3ccc(S(=O)(=O)N(CC)CC)cc3)C(=O)C(=O)N2CCOC)cc1. The van der Waals surface area contributed by atoms with Crippen molar-refractivity contribution in [3.05, 3.63) is 77.9 Å². The molecule has 2 aromatic rings. The number of amides is 1. The summed E-state index contributed by atoms with van der Waals surface area (Å²) >= 11 is 0. The molecule has 10 heteroatoms. The Morgan fingerprint density at radius 3 is 2.24 bits per heavy atom.